The SMILES string of the molecule is CCCN(CC(=O)N(Cc1ccc(F)cc1)Cc1coc2ccccc2c1=O)C(=O)c1ccccc1C. The van der Waals surface area contributed by atoms with Crippen molar-refractivity contribution in [2.45, 2.75) is 33.4 Å². The topological polar surface area (TPSA) is 70.8 Å². The fourth-order valence-electron chi connectivity index (χ4n) is 4.24. The van der Waals surface area contributed by atoms with E-state index in [9.17, 15) is 18.8 Å². The van der Waals surface area contributed by atoms with Crippen LogP contribution in [0.3, 0.4) is 0 Å². The van der Waals surface area contributed by atoms with Crippen LogP contribution in [0.4, 0.5) is 4.39 Å². The van der Waals surface area contributed by atoms with Crippen LogP contribution in [0, 0.1) is 12.7 Å². The molecule has 0 atom stereocenters. The number of benzene rings is 3. The average molecular weight is 501 g/mol. The first-order chi connectivity index (χ1) is 17.9. The average Bonchev–Trinajstić information content (AvgIpc) is 2.90. The van der Waals surface area contributed by atoms with Crippen LogP contribution in [-0.4, -0.2) is 34.7 Å². The summed E-state index contributed by atoms with van der Waals surface area (Å²) in [4.78, 5) is 43.1. The number of hydrogen-bond donors (Lipinski definition) is 0. The van der Waals surface area contributed by atoms with Gasteiger partial charge in [-0.3, -0.25) is 14.4 Å². The predicted octanol–water partition coefficient (Wildman–Crippen LogP) is 5.32. The van der Waals surface area contributed by atoms with Gasteiger partial charge in [-0.2, -0.15) is 0 Å². The Labute approximate surface area is 214 Å². The normalized spacial score (nSPS) is 10.9. The number of nitrogens with zero attached hydrogens (tertiary/aromatic N) is 2. The molecular formula is C30H29FN2O4. The predicted molar refractivity (Wildman–Crippen MR) is 141 cm³/mol. The number of aryl methyl sites for hydroxylation is 1. The minimum atomic E-state index is -0.380. The van der Waals surface area contributed by atoms with E-state index in [0.29, 0.717) is 40.6 Å². The van der Waals surface area contributed by atoms with Crippen molar-refractivity contribution in [3.63, 3.8) is 0 Å². The van der Waals surface area contributed by atoms with Gasteiger partial charge in [0.1, 0.15) is 17.9 Å². The Morgan fingerprint density at radius 1 is 0.892 bits per heavy atom. The Morgan fingerprint density at radius 3 is 2.32 bits per heavy atom. The first kappa shape index (κ1) is 25.8. The zero-order valence-corrected chi connectivity index (χ0v) is 20.9. The summed E-state index contributed by atoms with van der Waals surface area (Å²) in [7, 11) is 0. The largest absolute Gasteiger partial charge is 0.464 e. The molecule has 6 nitrogen and oxygen atoms in total. The van der Waals surface area contributed by atoms with E-state index in [1.807, 2.05) is 26.0 Å². The van der Waals surface area contributed by atoms with Crippen LogP contribution in [0.1, 0.15) is 40.4 Å². The van der Waals surface area contributed by atoms with Gasteiger partial charge in [-0.15, -0.1) is 0 Å². The Bertz CT molecular complexity index is 1460. The van der Waals surface area contributed by atoms with Gasteiger partial charge in [-0.25, -0.2) is 4.39 Å². The Balaban J connectivity index is 1.63. The lowest BCUT2D eigenvalue weighted by Crippen LogP contribution is -2.43. The third-order valence-electron chi connectivity index (χ3n) is 6.23. The zero-order chi connectivity index (χ0) is 26.4. The number of halogens is 1. The molecule has 0 fully saturated rings. The van der Waals surface area contributed by atoms with Gasteiger partial charge in [0, 0.05) is 18.7 Å². The van der Waals surface area contributed by atoms with E-state index < -0.39 is 0 Å². The van der Waals surface area contributed by atoms with Gasteiger partial charge in [0.05, 0.1) is 23.8 Å². The molecule has 0 aliphatic carbocycles. The summed E-state index contributed by atoms with van der Waals surface area (Å²) >= 11 is 0. The van der Waals surface area contributed by atoms with E-state index in [1.54, 1.807) is 48.5 Å². The van der Waals surface area contributed by atoms with Crippen LogP contribution in [0.15, 0.2) is 88.3 Å². The summed E-state index contributed by atoms with van der Waals surface area (Å²) in [6.07, 6.45) is 2.05. The molecule has 7 heteroatoms. The monoisotopic (exact) mass is 500 g/mol. The van der Waals surface area contributed by atoms with Gasteiger partial charge < -0.3 is 14.2 Å². The second-order valence-corrected chi connectivity index (χ2v) is 9.00. The molecule has 0 saturated carbocycles. The minimum absolute atomic E-state index is 0.0120. The standard InChI is InChI=1S/C30H29FN2O4/c1-3-16-32(30(36)25-9-5-4-8-21(25)2)19-28(34)33(17-22-12-14-24(31)15-13-22)18-23-20-37-27-11-7-6-10-26(27)29(23)35/h4-15,20H,3,16-19H2,1-2H3. The molecule has 4 rings (SSSR count). The zero-order valence-electron chi connectivity index (χ0n) is 20.9. The summed E-state index contributed by atoms with van der Waals surface area (Å²) in [5, 5.41) is 0.427. The molecule has 3 aromatic carbocycles. The maximum Gasteiger partial charge on any atom is 0.254 e. The molecule has 0 unspecified atom stereocenters. The fourth-order valence-corrected chi connectivity index (χ4v) is 4.24. The van der Waals surface area contributed by atoms with Crippen molar-refractivity contribution >= 4 is 22.8 Å². The van der Waals surface area contributed by atoms with Gasteiger partial charge in [0.25, 0.3) is 5.91 Å². The molecule has 0 radical (unpaired) electrons. The van der Waals surface area contributed by atoms with Crippen molar-refractivity contribution in [2.75, 3.05) is 13.1 Å². The quantitative estimate of drug-likeness (QED) is 0.312. The Morgan fingerprint density at radius 2 is 1.59 bits per heavy atom. The summed E-state index contributed by atoms with van der Waals surface area (Å²) in [5.74, 6) is -0.928. The first-order valence-electron chi connectivity index (χ1n) is 12.2. The van der Waals surface area contributed by atoms with Crippen molar-refractivity contribution < 1.29 is 18.4 Å². The highest BCUT2D eigenvalue weighted by Gasteiger charge is 2.24. The number of fused-ring (bicyclic) bond motifs is 1. The van der Waals surface area contributed by atoms with Crippen molar-refractivity contribution in [3.8, 4) is 0 Å². The van der Waals surface area contributed by atoms with Gasteiger partial charge in [0.2, 0.25) is 5.91 Å². The molecule has 2 amide bonds. The van der Waals surface area contributed by atoms with Gasteiger partial charge in [0.15, 0.2) is 5.43 Å². The Hall–Kier alpha value is -4.26. The van der Waals surface area contributed by atoms with E-state index in [1.165, 1.54) is 28.2 Å². The molecule has 0 bridgehead atoms. The molecule has 0 aliphatic rings. The van der Waals surface area contributed by atoms with Crippen molar-refractivity contribution in [3.05, 3.63) is 117 Å². The second-order valence-electron chi connectivity index (χ2n) is 9.00. The molecule has 0 saturated heterocycles. The summed E-state index contributed by atoms with van der Waals surface area (Å²) < 4.78 is 19.1. The summed E-state index contributed by atoms with van der Waals surface area (Å²) in [6, 6.07) is 20.0. The van der Waals surface area contributed by atoms with Crippen LogP contribution in [0.2, 0.25) is 0 Å². The number of carbonyl (C=O) groups is 2. The maximum absolute atomic E-state index is 13.6. The molecule has 0 aliphatic heterocycles. The van der Waals surface area contributed by atoms with Crippen LogP contribution in [0.25, 0.3) is 11.0 Å². The molecule has 1 heterocycles. The van der Waals surface area contributed by atoms with Crippen LogP contribution < -0.4 is 5.43 Å². The van der Waals surface area contributed by atoms with Gasteiger partial charge in [-0.05, 0) is 54.8 Å². The first-order valence-corrected chi connectivity index (χ1v) is 12.2. The Kier molecular flexibility index (Phi) is 8.13. The summed E-state index contributed by atoms with van der Waals surface area (Å²) in [6.45, 7) is 4.19. The van der Waals surface area contributed by atoms with Gasteiger partial charge >= 0.3 is 0 Å². The van der Waals surface area contributed by atoms with E-state index in [0.717, 1.165) is 5.56 Å². The molecular weight excluding hydrogens is 471 g/mol. The lowest BCUT2D eigenvalue weighted by atomic mass is 10.1. The minimum Gasteiger partial charge on any atom is -0.464 e. The molecule has 190 valence electrons. The summed E-state index contributed by atoms with van der Waals surface area (Å²) in [5.41, 5.74) is 2.64. The number of carbonyl (C=O) groups excluding carboxylic acids is 2. The van der Waals surface area contributed by atoms with E-state index in [-0.39, 0.29) is 42.7 Å². The maximum atomic E-state index is 13.6. The number of rotatable bonds is 9. The molecule has 1 aromatic heterocycles. The highest BCUT2D eigenvalue weighted by atomic mass is 19.1. The smallest absolute Gasteiger partial charge is 0.254 e. The van der Waals surface area contributed by atoms with E-state index >= 15 is 0 Å². The number of para-hydroxylation sites is 1. The third kappa shape index (κ3) is 6.12. The highest BCUT2D eigenvalue weighted by Crippen LogP contribution is 2.16. The number of amides is 2. The van der Waals surface area contributed by atoms with Crippen LogP contribution in [-0.2, 0) is 17.9 Å². The fraction of sp³-hybridized carbons (Fsp3) is 0.233. The van der Waals surface area contributed by atoms with Crippen LogP contribution >= 0.6 is 0 Å². The van der Waals surface area contributed by atoms with Gasteiger partial charge in [-0.1, -0.05) is 49.4 Å². The van der Waals surface area contributed by atoms with E-state index in [4.69, 9.17) is 4.42 Å². The second kappa shape index (κ2) is 11.6. The van der Waals surface area contributed by atoms with Crippen molar-refractivity contribution in [1.29, 1.82) is 0 Å². The van der Waals surface area contributed by atoms with Crippen molar-refractivity contribution in [2.24, 2.45) is 0 Å². The van der Waals surface area contributed by atoms with E-state index in [2.05, 4.69) is 0 Å². The molecule has 37 heavy (non-hydrogen) atoms. The lowest BCUT2D eigenvalue weighted by molar-refractivity contribution is -0.133. The molecule has 0 N–H and O–H groups in total. The molecule has 4 aromatic rings. The lowest BCUT2D eigenvalue weighted by Gasteiger charge is -2.28. The van der Waals surface area contributed by atoms with Crippen molar-refractivity contribution in [1.82, 2.24) is 9.80 Å². The molecule has 0 spiro atoms. The van der Waals surface area contributed by atoms with Crippen LogP contribution in [0.5, 0.6) is 0 Å². The highest BCUT2D eigenvalue weighted by molar-refractivity contribution is 5.97. The number of hydrogen-bond acceptors (Lipinski definition) is 4. The third-order valence-corrected chi connectivity index (χ3v) is 6.23.